The second-order valence-corrected chi connectivity index (χ2v) is 6.51. The molecule has 0 unspecified atom stereocenters. The Morgan fingerprint density at radius 1 is 1.08 bits per heavy atom. The van der Waals surface area contributed by atoms with Gasteiger partial charge in [-0.1, -0.05) is 12.1 Å². The van der Waals surface area contributed by atoms with Gasteiger partial charge in [0.1, 0.15) is 12.0 Å². The van der Waals surface area contributed by atoms with Crippen LogP contribution in [0.15, 0.2) is 53.3 Å². The lowest BCUT2D eigenvalue weighted by molar-refractivity contribution is 0.437. The summed E-state index contributed by atoms with van der Waals surface area (Å²) in [4.78, 5) is 16.9. The lowest BCUT2D eigenvalue weighted by atomic mass is 10.1. The van der Waals surface area contributed by atoms with Crippen molar-refractivity contribution in [2.24, 2.45) is 5.92 Å². The number of anilines is 1. The van der Waals surface area contributed by atoms with Crippen molar-refractivity contribution in [3.8, 4) is 22.6 Å². The van der Waals surface area contributed by atoms with Crippen molar-refractivity contribution in [1.29, 1.82) is 0 Å². The topological polar surface area (TPSA) is 59.8 Å². The van der Waals surface area contributed by atoms with E-state index in [-0.39, 0.29) is 17.7 Å². The van der Waals surface area contributed by atoms with Crippen LogP contribution in [0.5, 0.6) is 0 Å². The molecule has 0 bridgehead atoms. The molecule has 0 amide bonds. The molecule has 2 heterocycles. The van der Waals surface area contributed by atoms with Gasteiger partial charge in [-0.05, 0) is 55.2 Å². The van der Waals surface area contributed by atoms with E-state index in [4.69, 9.17) is 0 Å². The number of para-hydroxylation sites is 1. The van der Waals surface area contributed by atoms with Gasteiger partial charge in [0, 0.05) is 16.8 Å². The molecule has 1 aliphatic carbocycles. The van der Waals surface area contributed by atoms with Crippen molar-refractivity contribution in [2.75, 3.05) is 5.32 Å². The van der Waals surface area contributed by atoms with Crippen LogP contribution in [0.3, 0.4) is 0 Å². The second-order valence-electron chi connectivity index (χ2n) is 6.51. The van der Waals surface area contributed by atoms with Crippen LogP contribution >= 0.6 is 0 Å². The van der Waals surface area contributed by atoms with Crippen molar-refractivity contribution >= 4 is 5.69 Å². The van der Waals surface area contributed by atoms with Crippen LogP contribution < -0.4 is 10.9 Å². The first-order valence-corrected chi connectivity index (χ1v) is 8.33. The number of fused-ring (bicyclic) bond motifs is 3. The van der Waals surface area contributed by atoms with Gasteiger partial charge in [-0.2, -0.15) is 10.1 Å². The predicted octanol–water partition coefficient (Wildman–Crippen LogP) is 3.45. The molecule has 1 fully saturated rings. The van der Waals surface area contributed by atoms with Gasteiger partial charge >= 0.3 is 0 Å². The summed E-state index contributed by atoms with van der Waals surface area (Å²) < 4.78 is 15.0. The van der Waals surface area contributed by atoms with Gasteiger partial charge in [0.15, 0.2) is 11.5 Å². The van der Waals surface area contributed by atoms with Gasteiger partial charge in [-0.15, -0.1) is 0 Å². The fourth-order valence-electron chi connectivity index (χ4n) is 3.32. The first-order chi connectivity index (χ1) is 12.2. The lowest BCUT2D eigenvalue weighted by Gasteiger charge is -2.30. The van der Waals surface area contributed by atoms with E-state index in [0.29, 0.717) is 17.3 Å². The average molecular weight is 334 g/mol. The van der Waals surface area contributed by atoms with Crippen LogP contribution in [0.1, 0.15) is 19.0 Å². The van der Waals surface area contributed by atoms with Gasteiger partial charge in [-0.3, -0.25) is 4.79 Å². The first kappa shape index (κ1) is 14.3. The Balaban J connectivity index is 1.73. The van der Waals surface area contributed by atoms with Gasteiger partial charge in [0.25, 0.3) is 5.56 Å². The van der Waals surface area contributed by atoms with E-state index in [1.807, 2.05) is 28.9 Å². The van der Waals surface area contributed by atoms with E-state index < -0.39 is 5.56 Å². The van der Waals surface area contributed by atoms with Crippen LogP contribution in [0.25, 0.3) is 22.6 Å². The van der Waals surface area contributed by atoms with E-state index in [9.17, 15) is 9.18 Å². The molecule has 2 aromatic carbocycles. The third kappa shape index (κ3) is 2.33. The van der Waals surface area contributed by atoms with Gasteiger partial charge in [0.2, 0.25) is 0 Å². The van der Waals surface area contributed by atoms with Crippen molar-refractivity contribution in [3.63, 3.8) is 0 Å². The maximum Gasteiger partial charge on any atom is 0.300 e. The Morgan fingerprint density at radius 2 is 1.84 bits per heavy atom. The molecule has 5 rings (SSSR count). The van der Waals surface area contributed by atoms with Crippen molar-refractivity contribution in [2.45, 2.75) is 19.0 Å². The Labute approximate surface area is 143 Å². The van der Waals surface area contributed by atoms with E-state index in [1.165, 1.54) is 12.1 Å². The molecule has 0 spiro atoms. The van der Waals surface area contributed by atoms with Crippen molar-refractivity contribution in [3.05, 3.63) is 64.7 Å². The number of hydrogen-bond donors (Lipinski definition) is 1. The summed E-state index contributed by atoms with van der Waals surface area (Å²) in [6, 6.07) is 13.6. The number of nitrogens with zero attached hydrogens (tertiary/aromatic N) is 3. The molecule has 0 saturated heterocycles. The molecule has 0 radical (unpaired) electrons. The molecule has 124 valence electrons. The number of aromatic nitrogens is 3. The van der Waals surface area contributed by atoms with Crippen LogP contribution in [0, 0.1) is 11.7 Å². The summed E-state index contributed by atoms with van der Waals surface area (Å²) >= 11 is 0. The number of halogens is 1. The number of benzene rings is 2. The third-order valence-electron chi connectivity index (χ3n) is 4.76. The van der Waals surface area contributed by atoms with Crippen LogP contribution in [-0.2, 0) is 0 Å². The highest BCUT2D eigenvalue weighted by Gasteiger charge is 2.37. The largest absolute Gasteiger partial charge is 0.363 e. The molecule has 6 heteroatoms. The smallest absolute Gasteiger partial charge is 0.300 e. The summed E-state index contributed by atoms with van der Waals surface area (Å²) in [5.41, 5.74) is 2.26. The average Bonchev–Trinajstić information content (AvgIpc) is 3.46. The van der Waals surface area contributed by atoms with Crippen molar-refractivity contribution in [1.82, 2.24) is 14.8 Å². The second kappa shape index (κ2) is 5.24. The molecule has 3 aromatic rings. The number of rotatable bonds is 2. The molecule has 5 nitrogen and oxygen atoms in total. The highest BCUT2D eigenvalue weighted by molar-refractivity contribution is 5.76. The molecule has 1 aliphatic heterocycles. The minimum atomic E-state index is -0.399. The zero-order valence-corrected chi connectivity index (χ0v) is 13.3. The van der Waals surface area contributed by atoms with Crippen LogP contribution in [0.4, 0.5) is 10.1 Å². The van der Waals surface area contributed by atoms with E-state index in [0.717, 1.165) is 24.1 Å². The third-order valence-corrected chi connectivity index (χ3v) is 4.76. The zero-order valence-electron chi connectivity index (χ0n) is 13.3. The maximum absolute atomic E-state index is 13.2. The molecular weight excluding hydrogens is 319 g/mol. The number of hydrogen-bond acceptors (Lipinski definition) is 4. The Bertz CT molecular complexity index is 1020. The van der Waals surface area contributed by atoms with Gasteiger partial charge < -0.3 is 5.32 Å². The molecule has 1 aromatic heterocycles. The maximum atomic E-state index is 13.2. The SMILES string of the molecule is O=c1nc2n(nc1-c1ccc(F)cc1)[C@@H](C1CC1)Nc1ccccc1-2. The summed E-state index contributed by atoms with van der Waals surface area (Å²) in [5.74, 6) is 0.716. The zero-order chi connectivity index (χ0) is 17.0. The summed E-state index contributed by atoms with van der Waals surface area (Å²) in [7, 11) is 0. The molecule has 25 heavy (non-hydrogen) atoms. The van der Waals surface area contributed by atoms with Crippen LogP contribution in [0.2, 0.25) is 0 Å². The minimum Gasteiger partial charge on any atom is -0.363 e. The summed E-state index contributed by atoms with van der Waals surface area (Å²) in [6.45, 7) is 0. The van der Waals surface area contributed by atoms with Gasteiger partial charge in [0.05, 0.1) is 0 Å². The normalized spacial score (nSPS) is 18.2. The van der Waals surface area contributed by atoms with E-state index in [1.54, 1.807) is 12.1 Å². The Hall–Kier alpha value is -3.02. The lowest BCUT2D eigenvalue weighted by Crippen LogP contribution is -2.32. The number of nitrogens with one attached hydrogen (secondary N) is 1. The predicted molar refractivity (Wildman–Crippen MR) is 92.5 cm³/mol. The molecule has 1 N–H and O–H groups in total. The molecule has 1 saturated carbocycles. The minimum absolute atomic E-state index is 0.0165. The monoisotopic (exact) mass is 334 g/mol. The van der Waals surface area contributed by atoms with E-state index >= 15 is 0 Å². The Morgan fingerprint density at radius 3 is 2.60 bits per heavy atom. The highest BCUT2D eigenvalue weighted by Crippen LogP contribution is 2.45. The standard InChI is InChI=1S/C19H15FN4O/c20-13-9-7-11(8-10-13)16-19(25)22-18-14-3-1-2-4-15(14)21-17(12-5-6-12)24(18)23-16/h1-4,7-10,12,17,21H,5-6H2/t17-/m0/s1. The summed E-state index contributed by atoms with van der Waals surface area (Å²) in [5, 5.41) is 8.13. The van der Waals surface area contributed by atoms with E-state index in [2.05, 4.69) is 15.4 Å². The first-order valence-electron chi connectivity index (χ1n) is 8.33. The van der Waals surface area contributed by atoms with Crippen molar-refractivity contribution < 1.29 is 4.39 Å². The quantitative estimate of drug-likeness (QED) is 0.780. The highest BCUT2D eigenvalue weighted by atomic mass is 19.1. The van der Waals surface area contributed by atoms with Crippen LogP contribution in [-0.4, -0.2) is 14.8 Å². The fourth-order valence-corrected chi connectivity index (χ4v) is 3.32. The van der Waals surface area contributed by atoms with Gasteiger partial charge in [-0.25, -0.2) is 9.07 Å². The molecule has 2 aliphatic rings. The molecular formula is C19H15FN4O. The summed E-state index contributed by atoms with van der Waals surface area (Å²) in [6.07, 6.45) is 2.23. The Kier molecular flexibility index (Phi) is 3.00. The fraction of sp³-hybridized carbons (Fsp3) is 0.211. The molecule has 1 atom stereocenters.